The molecule has 0 fully saturated rings. The molecular weight excluding hydrogens is 454 g/mol. The maximum absolute atomic E-state index is 14.0. The number of para-hydroxylation sites is 1. The second kappa shape index (κ2) is 9.17. The van der Waals surface area contributed by atoms with Gasteiger partial charge >= 0.3 is 5.97 Å². The predicted molar refractivity (Wildman–Crippen MR) is 120 cm³/mol. The van der Waals surface area contributed by atoms with E-state index < -0.39 is 29.1 Å². The first-order valence-electron chi connectivity index (χ1n) is 9.59. The lowest BCUT2D eigenvalue weighted by Crippen LogP contribution is -2.16. The standard InChI is InChI=1S/C23H15ClF2N4O3/c24-13-8-17(25)19(18(26)9-13)22(31)30-14-4-1-3-12(7-14)10-27-21-15-5-2-6-16(23(32)33)20(15)28-11-29-21/h1-9,11H,10H2,(H,30,31)(H,32,33)(H,27,28,29). The largest absolute Gasteiger partial charge is 0.478 e. The molecule has 1 amide bonds. The summed E-state index contributed by atoms with van der Waals surface area (Å²) in [5, 5.41) is 15.3. The number of amides is 1. The fourth-order valence-electron chi connectivity index (χ4n) is 3.30. The Kier molecular flexibility index (Phi) is 6.14. The van der Waals surface area contributed by atoms with Crippen LogP contribution in [0.2, 0.25) is 5.02 Å². The smallest absolute Gasteiger partial charge is 0.337 e. The second-order valence-corrected chi connectivity index (χ2v) is 7.42. The summed E-state index contributed by atoms with van der Waals surface area (Å²) in [5.41, 5.74) is 0.684. The number of benzene rings is 3. The van der Waals surface area contributed by atoms with Gasteiger partial charge in [0.1, 0.15) is 29.3 Å². The van der Waals surface area contributed by atoms with Crippen molar-refractivity contribution in [2.75, 3.05) is 10.6 Å². The number of nitrogens with one attached hydrogen (secondary N) is 2. The molecule has 0 aliphatic heterocycles. The fraction of sp³-hybridized carbons (Fsp3) is 0.0435. The summed E-state index contributed by atoms with van der Waals surface area (Å²) in [6.07, 6.45) is 1.27. The molecule has 1 aromatic heterocycles. The Morgan fingerprint density at radius 1 is 1.00 bits per heavy atom. The molecule has 0 bridgehead atoms. The number of carbonyl (C=O) groups excluding carboxylic acids is 1. The van der Waals surface area contributed by atoms with Crippen molar-refractivity contribution >= 4 is 45.9 Å². The van der Waals surface area contributed by atoms with Crippen molar-refractivity contribution in [2.45, 2.75) is 6.54 Å². The van der Waals surface area contributed by atoms with E-state index in [4.69, 9.17) is 11.6 Å². The first kappa shape index (κ1) is 22.1. The summed E-state index contributed by atoms with van der Waals surface area (Å²) in [7, 11) is 0. The molecule has 3 N–H and O–H groups in total. The van der Waals surface area contributed by atoms with Crippen molar-refractivity contribution in [3.63, 3.8) is 0 Å². The fourth-order valence-corrected chi connectivity index (χ4v) is 3.49. The molecule has 4 aromatic rings. The number of aromatic nitrogens is 2. The summed E-state index contributed by atoms with van der Waals surface area (Å²) in [5.74, 6) is -3.74. The zero-order valence-corrected chi connectivity index (χ0v) is 17.5. The Morgan fingerprint density at radius 3 is 2.45 bits per heavy atom. The van der Waals surface area contributed by atoms with Crippen LogP contribution >= 0.6 is 11.6 Å². The van der Waals surface area contributed by atoms with Gasteiger partial charge in [0.2, 0.25) is 0 Å². The van der Waals surface area contributed by atoms with Crippen LogP contribution in [0.3, 0.4) is 0 Å². The Bertz CT molecular complexity index is 1370. The molecule has 0 unspecified atom stereocenters. The molecule has 1 heterocycles. The van der Waals surface area contributed by atoms with Crippen LogP contribution in [-0.2, 0) is 6.54 Å². The van der Waals surface area contributed by atoms with Gasteiger partial charge in [0, 0.05) is 22.6 Å². The second-order valence-electron chi connectivity index (χ2n) is 6.98. The molecule has 0 atom stereocenters. The Labute approximate surface area is 191 Å². The van der Waals surface area contributed by atoms with Gasteiger partial charge < -0.3 is 15.7 Å². The number of aromatic carboxylic acids is 1. The molecule has 166 valence electrons. The summed E-state index contributed by atoms with van der Waals surface area (Å²) < 4.78 is 28.0. The highest BCUT2D eigenvalue weighted by Gasteiger charge is 2.19. The highest BCUT2D eigenvalue weighted by atomic mass is 35.5. The highest BCUT2D eigenvalue weighted by Crippen LogP contribution is 2.24. The van der Waals surface area contributed by atoms with Gasteiger partial charge in [0.15, 0.2) is 0 Å². The van der Waals surface area contributed by atoms with Gasteiger partial charge in [-0.1, -0.05) is 29.8 Å². The van der Waals surface area contributed by atoms with Crippen LogP contribution in [0.15, 0.2) is 60.9 Å². The number of fused-ring (bicyclic) bond motifs is 1. The van der Waals surface area contributed by atoms with E-state index in [1.54, 1.807) is 36.4 Å². The van der Waals surface area contributed by atoms with Crippen molar-refractivity contribution in [3.8, 4) is 0 Å². The van der Waals surface area contributed by atoms with Crippen molar-refractivity contribution in [1.82, 2.24) is 9.97 Å². The predicted octanol–water partition coefficient (Wildman–Crippen LogP) is 5.12. The highest BCUT2D eigenvalue weighted by molar-refractivity contribution is 6.30. The molecule has 4 rings (SSSR count). The number of nitrogens with zero attached hydrogens (tertiary/aromatic N) is 2. The van der Waals surface area contributed by atoms with Crippen LogP contribution in [-0.4, -0.2) is 27.0 Å². The number of carboxylic acid groups (broad SMARTS) is 1. The van der Waals surface area contributed by atoms with Crippen LogP contribution in [0.4, 0.5) is 20.3 Å². The van der Waals surface area contributed by atoms with Crippen molar-refractivity contribution in [3.05, 3.63) is 94.3 Å². The quantitative estimate of drug-likeness (QED) is 0.362. The zero-order valence-electron chi connectivity index (χ0n) is 16.8. The van der Waals surface area contributed by atoms with E-state index in [0.29, 0.717) is 22.4 Å². The Morgan fingerprint density at radius 2 is 1.73 bits per heavy atom. The van der Waals surface area contributed by atoms with Crippen LogP contribution in [0.25, 0.3) is 10.9 Å². The van der Waals surface area contributed by atoms with Crippen molar-refractivity contribution < 1.29 is 23.5 Å². The van der Waals surface area contributed by atoms with Crippen molar-refractivity contribution in [1.29, 1.82) is 0 Å². The van der Waals surface area contributed by atoms with Crippen LogP contribution in [0.5, 0.6) is 0 Å². The molecule has 10 heteroatoms. The lowest BCUT2D eigenvalue weighted by molar-refractivity contribution is 0.0698. The first-order chi connectivity index (χ1) is 15.8. The number of carbonyl (C=O) groups is 2. The third-order valence-electron chi connectivity index (χ3n) is 4.77. The van der Waals surface area contributed by atoms with Crippen LogP contribution in [0.1, 0.15) is 26.3 Å². The first-order valence-corrected chi connectivity index (χ1v) is 9.97. The molecular formula is C23H15ClF2N4O3. The summed E-state index contributed by atoms with van der Waals surface area (Å²) in [6.45, 7) is 0.275. The van der Waals surface area contributed by atoms with Crippen molar-refractivity contribution in [2.24, 2.45) is 0 Å². The Balaban J connectivity index is 1.52. The lowest BCUT2D eigenvalue weighted by Gasteiger charge is -2.11. The van der Waals surface area contributed by atoms with Gasteiger partial charge in [-0.05, 0) is 42.0 Å². The van der Waals surface area contributed by atoms with Gasteiger partial charge in [-0.25, -0.2) is 23.5 Å². The normalized spacial score (nSPS) is 10.8. The van der Waals surface area contributed by atoms with E-state index in [0.717, 1.165) is 17.7 Å². The van der Waals surface area contributed by atoms with E-state index in [1.165, 1.54) is 12.4 Å². The maximum Gasteiger partial charge on any atom is 0.337 e. The number of hydrogen-bond donors (Lipinski definition) is 3. The molecule has 0 saturated carbocycles. The Hall–Kier alpha value is -4.11. The topological polar surface area (TPSA) is 104 Å². The van der Waals surface area contributed by atoms with E-state index in [2.05, 4.69) is 20.6 Å². The molecule has 0 aliphatic carbocycles. The van der Waals surface area contributed by atoms with Gasteiger partial charge in [0.25, 0.3) is 5.91 Å². The third kappa shape index (κ3) is 4.73. The minimum absolute atomic E-state index is 0.0596. The molecule has 33 heavy (non-hydrogen) atoms. The van der Waals surface area contributed by atoms with Gasteiger partial charge in [-0.3, -0.25) is 4.79 Å². The molecule has 7 nitrogen and oxygen atoms in total. The molecule has 0 saturated heterocycles. The SMILES string of the molecule is O=C(Nc1cccc(CNc2ncnc3c(C(=O)O)cccc23)c1)c1c(F)cc(Cl)cc1F. The van der Waals surface area contributed by atoms with E-state index in [9.17, 15) is 23.5 Å². The van der Waals surface area contributed by atoms with Crippen LogP contribution < -0.4 is 10.6 Å². The summed E-state index contributed by atoms with van der Waals surface area (Å²) >= 11 is 5.60. The molecule has 0 spiro atoms. The number of hydrogen-bond acceptors (Lipinski definition) is 5. The minimum atomic E-state index is -1.10. The van der Waals surface area contributed by atoms with E-state index in [1.807, 2.05) is 0 Å². The van der Waals surface area contributed by atoms with Crippen LogP contribution in [0, 0.1) is 11.6 Å². The molecule has 0 aliphatic rings. The van der Waals surface area contributed by atoms with E-state index >= 15 is 0 Å². The minimum Gasteiger partial charge on any atom is -0.478 e. The third-order valence-corrected chi connectivity index (χ3v) is 4.99. The number of anilines is 2. The lowest BCUT2D eigenvalue weighted by atomic mass is 10.1. The van der Waals surface area contributed by atoms with Gasteiger partial charge in [-0.2, -0.15) is 0 Å². The number of carboxylic acids is 1. The number of halogens is 3. The monoisotopic (exact) mass is 468 g/mol. The zero-order chi connectivity index (χ0) is 23.5. The maximum atomic E-state index is 14.0. The van der Waals surface area contributed by atoms with E-state index in [-0.39, 0.29) is 17.1 Å². The molecule has 0 radical (unpaired) electrons. The average molecular weight is 469 g/mol. The summed E-state index contributed by atoms with van der Waals surface area (Å²) in [4.78, 5) is 32.0. The summed E-state index contributed by atoms with van der Waals surface area (Å²) in [6, 6.07) is 13.1. The average Bonchev–Trinajstić information content (AvgIpc) is 2.76. The molecule has 3 aromatic carbocycles. The number of rotatable bonds is 6. The van der Waals surface area contributed by atoms with Gasteiger partial charge in [-0.15, -0.1) is 0 Å². The van der Waals surface area contributed by atoms with Gasteiger partial charge in [0.05, 0.1) is 11.1 Å².